The molecule has 14 nitrogen and oxygen atoms in total. The van der Waals surface area contributed by atoms with Crippen LogP contribution in [0.15, 0.2) is 12.2 Å². The van der Waals surface area contributed by atoms with Gasteiger partial charge in [0.2, 0.25) is 0 Å². The maximum Gasteiger partial charge on any atom is 0.163 e. The number of Topliss-reactive ketones (excluding diaryl/α,β-unsaturated/α-hetero) is 1. The summed E-state index contributed by atoms with van der Waals surface area (Å²) >= 11 is 0. The molecule has 0 fully saturated rings. The first-order valence-electron chi connectivity index (χ1n) is 21.5. The lowest BCUT2D eigenvalue weighted by molar-refractivity contribution is -0.130. The first-order valence-corrected chi connectivity index (χ1v) is 21.5. The van der Waals surface area contributed by atoms with Crippen LogP contribution in [-0.2, 0) is 56.9 Å². The van der Waals surface area contributed by atoms with Gasteiger partial charge in [-0.2, -0.15) is 0 Å². The quantitative estimate of drug-likeness (QED) is 0.0616. The van der Waals surface area contributed by atoms with Gasteiger partial charge in [-0.3, -0.25) is 4.79 Å². The van der Waals surface area contributed by atoms with Crippen LogP contribution < -0.4 is 0 Å². The molecule has 14 heteroatoms. The van der Waals surface area contributed by atoms with E-state index < -0.39 is 6.10 Å². The second-order valence-electron chi connectivity index (χ2n) is 13.2. The van der Waals surface area contributed by atoms with Crippen LogP contribution >= 0.6 is 0 Å². The van der Waals surface area contributed by atoms with Crippen molar-refractivity contribution in [1.82, 2.24) is 0 Å². The van der Waals surface area contributed by atoms with Gasteiger partial charge in [0, 0.05) is 6.42 Å². The van der Waals surface area contributed by atoms with Gasteiger partial charge in [-0.15, -0.1) is 0 Å². The molecule has 0 rings (SSSR count). The lowest BCUT2D eigenvalue weighted by Gasteiger charge is -2.11. The maximum absolute atomic E-state index is 12.2. The average Bonchev–Trinajstić information content (AvgIpc) is 3.20. The van der Waals surface area contributed by atoms with Crippen LogP contribution in [0, 0.1) is 0 Å². The second-order valence-corrected chi connectivity index (χ2v) is 13.2. The molecule has 0 radical (unpaired) electrons. The number of carbonyl (C=O) groups is 1. The molecule has 2 N–H and O–H groups in total. The molecule has 0 spiro atoms. The Labute approximate surface area is 339 Å². The van der Waals surface area contributed by atoms with E-state index in [4.69, 9.17) is 57.2 Å². The molecule has 0 saturated heterocycles. The van der Waals surface area contributed by atoms with Crippen LogP contribution in [0.1, 0.15) is 96.8 Å². The van der Waals surface area contributed by atoms with Crippen LogP contribution in [-0.4, -0.2) is 174 Å². The predicted octanol–water partition coefficient (Wildman–Crippen LogP) is 5.13. The first-order chi connectivity index (χ1) is 27.7. The van der Waals surface area contributed by atoms with E-state index in [1.165, 1.54) is 57.8 Å². The summed E-state index contributed by atoms with van der Waals surface area (Å²) in [5, 5.41) is 18.7. The standard InChI is InChI=1S/C42H82O14/c1-2-3-4-5-6-7-8-9-10-11-12-13-14-15-16-17-41(44)42(45)40-56-39-38-55-37-36-54-35-34-53-33-32-52-31-30-51-29-28-50-27-26-49-25-24-48-23-22-47-21-20-46-19-18-43/h9-10,42-43,45H,2-8,11-40H2,1H3. The average molecular weight is 811 g/mol. The summed E-state index contributed by atoms with van der Waals surface area (Å²) in [5.74, 6) is -0.146. The normalized spacial score (nSPS) is 12.3. The van der Waals surface area contributed by atoms with Crippen molar-refractivity contribution in [3.05, 3.63) is 12.2 Å². The summed E-state index contributed by atoms with van der Waals surface area (Å²) in [4.78, 5) is 12.2. The smallest absolute Gasteiger partial charge is 0.163 e. The van der Waals surface area contributed by atoms with Crippen molar-refractivity contribution in [2.45, 2.75) is 103 Å². The van der Waals surface area contributed by atoms with E-state index >= 15 is 0 Å². The summed E-state index contributed by atoms with van der Waals surface area (Å²) in [6.07, 6.45) is 19.8. The number of aliphatic hydroxyl groups excluding tert-OH is 2. The van der Waals surface area contributed by atoms with E-state index in [9.17, 15) is 9.90 Å². The van der Waals surface area contributed by atoms with E-state index in [0.29, 0.717) is 145 Å². The molecule has 1 unspecified atom stereocenters. The Morgan fingerprint density at radius 2 is 0.696 bits per heavy atom. The van der Waals surface area contributed by atoms with Crippen molar-refractivity contribution in [1.29, 1.82) is 0 Å². The number of ether oxygens (including phenoxy) is 11. The molecule has 56 heavy (non-hydrogen) atoms. The summed E-state index contributed by atoms with van der Waals surface area (Å²) in [7, 11) is 0. The minimum atomic E-state index is -1.07. The Morgan fingerprint density at radius 3 is 1.04 bits per heavy atom. The molecular formula is C42H82O14. The third kappa shape index (κ3) is 47.3. The first kappa shape index (κ1) is 54.9. The fourth-order valence-corrected chi connectivity index (χ4v) is 5.09. The largest absolute Gasteiger partial charge is 0.394 e. The Kier molecular flexibility index (Phi) is 49.0. The van der Waals surface area contributed by atoms with Crippen molar-refractivity contribution in [2.24, 2.45) is 0 Å². The molecule has 0 aliphatic rings. The third-order valence-electron chi connectivity index (χ3n) is 8.29. The van der Waals surface area contributed by atoms with Crippen LogP contribution in [0.3, 0.4) is 0 Å². The van der Waals surface area contributed by atoms with Gasteiger partial charge in [-0.05, 0) is 32.1 Å². The Hall–Kier alpha value is -1.11. The van der Waals surface area contributed by atoms with Crippen molar-refractivity contribution in [3.8, 4) is 0 Å². The van der Waals surface area contributed by atoms with Crippen LogP contribution in [0.5, 0.6) is 0 Å². The number of hydrogen-bond donors (Lipinski definition) is 2. The highest BCUT2D eigenvalue weighted by Crippen LogP contribution is 2.11. The number of hydrogen-bond acceptors (Lipinski definition) is 14. The zero-order chi connectivity index (χ0) is 40.5. The molecule has 0 saturated carbocycles. The zero-order valence-corrected chi connectivity index (χ0v) is 35.2. The van der Waals surface area contributed by atoms with Gasteiger partial charge < -0.3 is 62.3 Å². The number of ketones is 1. The monoisotopic (exact) mass is 811 g/mol. The van der Waals surface area contributed by atoms with E-state index in [1.54, 1.807) is 0 Å². The second kappa shape index (κ2) is 50.0. The summed E-state index contributed by atoms with van der Waals surface area (Å²) in [5.41, 5.74) is 0. The maximum atomic E-state index is 12.2. The highest BCUT2D eigenvalue weighted by Gasteiger charge is 2.14. The number of aliphatic hydroxyl groups is 2. The Balaban J connectivity index is 3.22. The SMILES string of the molecule is CCCCCCCCC=CCCCCCCCC(=O)C(O)COCCOCCOCCOCCOCCOCCOCCOCCOCCOCCOCCO. The highest BCUT2D eigenvalue weighted by atomic mass is 16.6. The van der Waals surface area contributed by atoms with E-state index in [1.807, 2.05) is 0 Å². The van der Waals surface area contributed by atoms with Crippen molar-refractivity contribution in [3.63, 3.8) is 0 Å². The van der Waals surface area contributed by atoms with Gasteiger partial charge in [0.1, 0.15) is 6.10 Å². The third-order valence-corrected chi connectivity index (χ3v) is 8.29. The van der Waals surface area contributed by atoms with Gasteiger partial charge in [0.25, 0.3) is 0 Å². The van der Waals surface area contributed by atoms with E-state index in [0.717, 1.165) is 25.7 Å². The Morgan fingerprint density at radius 1 is 0.411 bits per heavy atom. The number of carbonyl (C=O) groups excluding carboxylic acids is 1. The molecule has 0 aromatic heterocycles. The molecular weight excluding hydrogens is 728 g/mol. The topological polar surface area (TPSA) is 159 Å². The van der Waals surface area contributed by atoms with Crippen molar-refractivity contribution < 1.29 is 67.1 Å². The molecule has 1 atom stereocenters. The van der Waals surface area contributed by atoms with Gasteiger partial charge in [0.05, 0.1) is 152 Å². The molecule has 0 heterocycles. The number of unbranched alkanes of at least 4 members (excludes halogenated alkanes) is 11. The highest BCUT2D eigenvalue weighted by molar-refractivity contribution is 5.82. The minimum absolute atomic E-state index is 0.00590. The molecule has 0 amide bonds. The molecule has 0 aliphatic heterocycles. The van der Waals surface area contributed by atoms with E-state index in [2.05, 4.69) is 19.1 Å². The molecule has 0 aromatic carbocycles. The van der Waals surface area contributed by atoms with Crippen molar-refractivity contribution in [2.75, 3.05) is 152 Å². The summed E-state index contributed by atoms with van der Waals surface area (Å²) < 4.78 is 59.6. The van der Waals surface area contributed by atoms with Crippen molar-refractivity contribution >= 4 is 5.78 Å². The number of rotatable bonds is 50. The fourth-order valence-electron chi connectivity index (χ4n) is 5.09. The van der Waals surface area contributed by atoms with Crippen LogP contribution in [0.25, 0.3) is 0 Å². The Bertz CT molecular complexity index is 776. The van der Waals surface area contributed by atoms with Gasteiger partial charge in [-0.25, -0.2) is 0 Å². The van der Waals surface area contributed by atoms with Crippen LogP contribution in [0.2, 0.25) is 0 Å². The fraction of sp³-hybridized carbons (Fsp3) is 0.929. The van der Waals surface area contributed by atoms with Gasteiger partial charge >= 0.3 is 0 Å². The number of allylic oxidation sites excluding steroid dienone is 2. The summed E-state index contributed by atoms with van der Waals surface area (Å²) in [6, 6.07) is 0. The van der Waals surface area contributed by atoms with Crippen LogP contribution in [0.4, 0.5) is 0 Å². The summed E-state index contributed by atoms with van der Waals surface area (Å²) in [6.45, 7) is 12.0. The molecule has 0 bridgehead atoms. The lowest BCUT2D eigenvalue weighted by atomic mass is 10.1. The van der Waals surface area contributed by atoms with E-state index in [-0.39, 0.29) is 19.0 Å². The molecule has 0 aliphatic carbocycles. The predicted molar refractivity (Wildman–Crippen MR) is 217 cm³/mol. The lowest BCUT2D eigenvalue weighted by Crippen LogP contribution is -2.26. The zero-order valence-electron chi connectivity index (χ0n) is 35.2. The minimum Gasteiger partial charge on any atom is -0.394 e. The molecule has 334 valence electrons. The van der Waals surface area contributed by atoms with Gasteiger partial charge in [-0.1, -0.05) is 70.4 Å². The van der Waals surface area contributed by atoms with Gasteiger partial charge in [0.15, 0.2) is 5.78 Å². The molecule has 0 aromatic rings.